The van der Waals surface area contributed by atoms with Crippen LogP contribution in [0.5, 0.6) is 5.75 Å². The fourth-order valence-electron chi connectivity index (χ4n) is 3.03. The van der Waals surface area contributed by atoms with Crippen molar-refractivity contribution in [2.45, 2.75) is 45.7 Å². The fraction of sp³-hybridized carbons (Fsp3) is 0.647. The van der Waals surface area contributed by atoms with Crippen molar-refractivity contribution in [1.29, 1.82) is 0 Å². The molecule has 124 valence electrons. The van der Waals surface area contributed by atoms with Gasteiger partial charge < -0.3 is 10.1 Å². The second kappa shape index (κ2) is 9.26. The minimum Gasteiger partial charge on any atom is -0.492 e. The maximum Gasteiger partial charge on any atom is 0.138 e. The van der Waals surface area contributed by atoms with Gasteiger partial charge in [-0.1, -0.05) is 29.8 Å². The van der Waals surface area contributed by atoms with Gasteiger partial charge >= 0.3 is 0 Å². The van der Waals surface area contributed by atoms with Crippen molar-refractivity contribution in [3.8, 4) is 5.75 Å². The molecular weight excluding hydrogens is 408 g/mol. The Bertz CT molecular complexity index is 482. The maximum absolute atomic E-state index is 5.92. The molecule has 0 bridgehead atoms. The third-order valence-electron chi connectivity index (χ3n) is 4.14. The number of hydrogen-bond acceptors (Lipinski definition) is 3. The molecule has 1 aliphatic rings. The van der Waals surface area contributed by atoms with Crippen LogP contribution in [0.15, 0.2) is 21.1 Å². The molecule has 1 atom stereocenters. The summed E-state index contributed by atoms with van der Waals surface area (Å²) in [5.74, 6) is 0.969. The van der Waals surface area contributed by atoms with E-state index in [2.05, 4.69) is 62.0 Å². The summed E-state index contributed by atoms with van der Waals surface area (Å²) in [6.07, 6.45) is 3.65. The third-order valence-corrected chi connectivity index (χ3v) is 5.18. The van der Waals surface area contributed by atoms with E-state index in [0.717, 1.165) is 47.4 Å². The first-order valence-electron chi connectivity index (χ1n) is 8.21. The number of nitrogens with one attached hydrogen (secondary N) is 1. The summed E-state index contributed by atoms with van der Waals surface area (Å²) in [7, 11) is 0. The van der Waals surface area contributed by atoms with Crippen LogP contribution >= 0.6 is 31.9 Å². The molecule has 1 fully saturated rings. The molecule has 0 aliphatic carbocycles. The van der Waals surface area contributed by atoms with Crippen LogP contribution < -0.4 is 10.1 Å². The Balaban J connectivity index is 1.96. The number of halogens is 2. The van der Waals surface area contributed by atoms with Crippen molar-refractivity contribution in [2.75, 3.05) is 26.2 Å². The Kier molecular flexibility index (Phi) is 7.68. The summed E-state index contributed by atoms with van der Waals surface area (Å²) in [6.45, 7) is 9.41. The predicted molar refractivity (Wildman–Crippen MR) is 99.6 cm³/mol. The Morgan fingerprint density at radius 2 is 2.14 bits per heavy atom. The first kappa shape index (κ1) is 18.2. The molecule has 2 rings (SSSR count). The van der Waals surface area contributed by atoms with Gasteiger partial charge in [0.1, 0.15) is 5.75 Å². The number of benzene rings is 1. The molecule has 1 aliphatic heterocycles. The van der Waals surface area contributed by atoms with Crippen LogP contribution in [0.3, 0.4) is 0 Å². The second-order valence-corrected chi connectivity index (χ2v) is 7.55. The van der Waals surface area contributed by atoms with Gasteiger partial charge in [-0.15, -0.1) is 0 Å². The molecule has 1 saturated heterocycles. The highest BCUT2D eigenvalue weighted by Crippen LogP contribution is 2.33. The molecule has 1 unspecified atom stereocenters. The number of hydrogen-bond donors (Lipinski definition) is 1. The molecule has 0 radical (unpaired) electrons. The van der Waals surface area contributed by atoms with Crippen LogP contribution in [0.25, 0.3) is 0 Å². The highest BCUT2D eigenvalue weighted by molar-refractivity contribution is 9.11. The van der Waals surface area contributed by atoms with Gasteiger partial charge in [-0.05, 0) is 60.4 Å². The monoisotopic (exact) mass is 432 g/mol. The van der Waals surface area contributed by atoms with Crippen LogP contribution in [0.2, 0.25) is 0 Å². The average molecular weight is 434 g/mol. The zero-order valence-corrected chi connectivity index (χ0v) is 16.7. The van der Waals surface area contributed by atoms with E-state index in [1.54, 1.807) is 0 Å². The third kappa shape index (κ3) is 4.95. The van der Waals surface area contributed by atoms with Crippen LogP contribution in [-0.4, -0.2) is 37.2 Å². The Hall–Kier alpha value is -0.100. The summed E-state index contributed by atoms with van der Waals surface area (Å²) < 4.78 is 8.02. The molecule has 3 nitrogen and oxygen atoms in total. The van der Waals surface area contributed by atoms with Gasteiger partial charge in [-0.2, -0.15) is 0 Å². The molecule has 1 aromatic carbocycles. The number of nitrogens with zero attached hydrogens (tertiary/aromatic N) is 1. The average Bonchev–Trinajstić information content (AvgIpc) is 2.94. The molecule has 1 heterocycles. The molecule has 0 amide bonds. The van der Waals surface area contributed by atoms with E-state index in [1.807, 2.05) is 6.07 Å². The SMILES string of the molecule is CCCOc1c(Br)cc(Br)cc1CNCC1CCCN1CC. The molecular formula is C17H26Br2N2O. The van der Waals surface area contributed by atoms with Gasteiger partial charge in [0.2, 0.25) is 0 Å². The zero-order valence-electron chi connectivity index (χ0n) is 13.5. The van der Waals surface area contributed by atoms with Crippen LogP contribution in [-0.2, 0) is 6.54 Å². The molecule has 5 heteroatoms. The van der Waals surface area contributed by atoms with Crippen LogP contribution in [0.1, 0.15) is 38.7 Å². The van der Waals surface area contributed by atoms with Crippen LogP contribution in [0, 0.1) is 0 Å². The first-order chi connectivity index (χ1) is 10.7. The molecule has 0 aromatic heterocycles. The number of rotatable bonds is 8. The minimum atomic E-state index is 0.681. The minimum absolute atomic E-state index is 0.681. The highest BCUT2D eigenvalue weighted by atomic mass is 79.9. The lowest BCUT2D eigenvalue weighted by molar-refractivity contribution is 0.259. The van der Waals surface area contributed by atoms with E-state index in [0.29, 0.717) is 6.04 Å². The fourth-order valence-corrected chi connectivity index (χ4v) is 4.45. The quantitative estimate of drug-likeness (QED) is 0.649. The lowest BCUT2D eigenvalue weighted by Gasteiger charge is -2.23. The van der Waals surface area contributed by atoms with Gasteiger partial charge in [-0.25, -0.2) is 0 Å². The molecule has 0 spiro atoms. The molecule has 0 saturated carbocycles. The zero-order chi connectivity index (χ0) is 15.9. The van der Waals surface area contributed by atoms with Crippen LogP contribution in [0.4, 0.5) is 0 Å². The van der Waals surface area contributed by atoms with E-state index >= 15 is 0 Å². The van der Waals surface area contributed by atoms with E-state index in [4.69, 9.17) is 4.74 Å². The summed E-state index contributed by atoms with van der Waals surface area (Å²) >= 11 is 7.19. The largest absolute Gasteiger partial charge is 0.492 e. The van der Waals surface area contributed by atoms with E-state index in [1.165, 1.54) is 24.9 Å². The number of likely N-dealkylation sites (N-methyl/N-ethyl adjacent to an activating group) is 1. The van der Waals surface area contributed by atoms with E-state index < -0.39 is 0 Å². The maximum atomic E-state index is 5.92. The van der Waals surface area contributed by atoms with E-state index in [-0.39, 0.29) is 0 Å². The lowest BCUT2D eigenvalue weighted by atomic mass is 10.1. The van der Waals surface area contributed by atoms with Gasteiger partial charge in [0.25, 0.3) is 0 Å². The predicted octanol–water partition coefficient (Wildman–Crippen LogP) is 4.57. The van der Waals surface area contributed by atoms with Crippen molar-refractivity contribution in [1.82, 2.24) is 10.2 Å². The number of ether oxygens (including phenoxy) is 1. The normalized spacial score (nSPS) is 18.8. The van der Waals surface area contributed by atoms with Gasteiger partial charge in [0, 0.05) is 29.2 Å². The summed E-state index contributed by atoms with van der Waals surface area (Å²) in [6, 6.07) is 4.87. The van der Waals surface area contributed by atoms with Crippen molar-refractivity contribution in [3.05, 3.63) is 26.6 Å². The van der Waals surface area contributed by atoms with Gasteiger partial charge in [-0.3, -0.25) is 4.90 Å². The van der Waals surface area contributed by atoms with Gasteiger partial charge in [0.15, 0.2) is 0 Å². The summed E-state index contributed by atoms with van der Waals surface area (Å²) in [5.41, 5.74) is 1.20. The smallest absolute Gasteiger partial charge is 0.138 e. The molecule has 1 N–H and O–H groups in total. The standard InChI is InChI=1S/C17H26Br2N2O/c1-3-8-22-17-13(9-14(18)10-16(17)19)11-20-12-15-6-5-7-21(15)4-2/h9-10,15,20H,3-8,11-12H2,1-2H3. The molecule has 1 aromatic rings. The molecule has 22 heavy (non-hydrogen) atoms. The van der Waals surface area contributed by atoms with Crippen molar-refractivity contribution < 1.29 is 4.74 Å². The summed E-state index contributed by atoms with van der Waals surface area (Å²) in [5, 5.41) is 3.62. The Morgan fingerprint density at radius 3 is 2.86 bits per heavy atom. The van der Waals surface area contributed by atoms with Gasteiger partial charge in [0.05, 0.1) is 11.1 Å². The topological polar surface area (TPSA) is 24.5 Å². The van der Waals surface area contributed by atoms with E-state index in [9.17, 15) is 0 Å². The van der Waals surface area contributed by atoms with Crippen molar-refractivity contribution in [2.24, 2.45) is 0 Å². The van der Waals surface area contributed by atoms with Crippen molar-refractivity contribution in [3.63, 3.8) is 0 Å². The van der Waals surface area contributed by atoms with Crippen molar-refractivity contribution >= 4 is 31.9 Å². The summed E-state index contributed by atoms with van der Waals surface area (Å²) in [4.78, 5) is 2.57. The Morgan fingerprint density at radius 1 is 1.32 bits per heavy atom. The lowest BCUT2D eigenvalue weighted by Crippen LogP contribution is -2.37. The first-order valence-corrected chi connectivity index (χ1v) is 9.79. The second-order valence-electron chi connectivity index (χ2n) is 5.78. The number of likely N-dealkylation sites (tertiary alicyclic amines) is 1. The Labute approximate surface area is 151 Å². The highest BCUT2D eigenvalue weighted by Gasteiger charge is 2.22.